The van der Waals surface area contributed by atoms with E-state index in [1.807, 2.05) is 24.3 Å². The Morgan fingerprint density at radius 1 is 1.07 bits per heavy atom. The van der Waals surface area contributed by atoms with Crippen molar-refractivity contribution in [2.45, 2.75) is 26.2 Å². The number of likely N-dealkylation sites (N-methyl/N-ethyl adjacent to an activating group) is 1. The minimum Gasteiger partial charge on any atom is -0.497 e. The fourth-order valence-corrected chi connectivity index (χ4v) is 2.55. The van der Waals surface area contributed by atoms with Crippen LogP contribution in [0.5, 0.6) is 11.5 Å². The molecular weight excluding hydrogens is 362 g/mol. The van der Waals surface area contributed by atoms with Gasteiger partial charge in [0.25, 0.3) is 5.91 Å². The third-order valence-corrected chi connectivity index (χ3v) is 4.06. The van der Waals surface area contributed by atoms with Crippen molar-refractivity contribution in [1.29, 1.82) is 0 Å². The summed E-state index contributed by atoms with van der Waals surface area (Å²) < 4.78 is 16.0. The van der Waals surface area contributed by atoms with E-state index in [2.05, 4.69) is 0 Å². The summed E-state index contributed by atoms with van der Waals surface area (Å²) in [5.41, 5.74) is 1.83. The molecule has 0 aliphatic carbocycles. The first-order valence-electron chi connectivity index (χ1n) is 8.82. The number of amides is 1. The second kappa shape index (κ2) is 10.3. The van der Waals surface area contributed by atoms with Gasteiger partial charge in [-0.1, -0.05) is 24.3 Å². The molecule has 1 N–H and O–H groups in total. The molecule has 1 atom stereocenters. The van der Waals surface area contributed by atoms with Crippen molar-refractivity contribution in [1.82, 2.24) is 4.90 Å². The van der Waals surface area contributed by atoms with Gasteiger partial charge in [0.05, 0.1) is 13.7 Å². The predicted molar refractivity (Wildman–Crippen MR) is 103 cm³/mol. The molecule has 28 heavy (non-hydrogen) atoms. The maximum absolute atomic E-state index is 12.5. The van der Waals surface area contributed by atoms with Gasteiger partial charge in [-0.2, -0.15) is 0 Å². The van der Waals surface area contributed by atoms with Gasteiger partial charge in [0.1, 0.15) is 17.6 Å². The highest BCUT2D eigenvalue weighted by Gasteiger charge is 2.18. The fraction of sp³-hybridized carbons (Fsp3) is 0.333. The van der Waals surface area contributed by atoms with Gasteiger partial charge in [0.15, 0.2) is 6.61 Å². The van der Waals surface area contributed by atoms with Gasteiger partial charge in [-0.15, -0.1) is 0 Å². The number of carbonyl (C=O) groups is 2. The SMILES string of the molecule is COc1cccc(COC(C)C(=O)N(C)Cc2ccc(OCC(=O)O)cc2)c1. The number of ether oxygens (including phenoxy) is 3. The maximum Gasteiger partial charge on any atom is 0.341 e. The van der Waals surface area contributed by atoms with Gasteiger partial charge in [-0.25, -0.2) is 4.79 Å². The average Bonchev–Trinajstić information content (AvgIpc) is 2.70. The zero-order valence-electron chi connectivity index (χ0n) is 16.3. The number of aliphatic carboxylic acids is 1. The van der Waals surface area contributed by atoms with E-state index < -0.39 is 12.1 Å². The van der Waals surface area contributed by atoms with Crippen molar-refractivity contribution in [3.8, 4) is 11.5 Å². The first kappa shape index (κ1) is 21.2. The molecule has 1 amide bonds. The van der Waals surface area contributed by atoms with Gasteiger partial charge in [-0.05, 0) is 42.3 Å². The smallest absolute Gasteiger partial charge is 0.341 e. The van der Waals surface area contributed by atoms with E-state index in [9.17, 15) is 9.59 Å². The van der Waals surface area contributed by atoms with Crippen LogP contribution in [-0.4, -0.2) is 48.8 Å². The maximum atomic E-state index is 12.5. The molecule has 1 unspecified atom stereocenters. The molecule has 0 aromatic heterocycles. The van der Waals surface area contributed by atoms with Crippen LogP contribution in [0.2, 0.25) is 0 Å². The lowest BCUT2D eigenvalue weighted by atomic mass is 10.2. The van der Waals surface area contributed by atoms with E-state index in [0.717, 1.165) is 16.9 Å². The van der Waals surface area contributed by atoms with Gasteiger partial charge in [-0.3, -0.25) is 4.79 Å². The Kier molecular flexibility index (Phi) is 7.83. The molecule has 0 spiro atoms. The minimum atomic E-state index is -1.03. The Labute approximate surface area is 164 Å². The summed E-state index contributed by atoms with van der Waals surface area (Å²) >= 11 is 0. The van der Waals surface area contributed by atoms with E-state index >= 15 is 0 Å². The number of carbonyl (C=O) groups excluding carboxylic acids is 1. The van der Waals surface area contributed by atoms with Crippen LogP contribution in [-0.2, 0) is 27.5 Å². The van der Waals surface area contributed by atoms with Gasteiger partial charge >= 0.3 is 5.97 Å². The summed E-state index contributed by atoms with van der Waals surface area (Å²) in [6.45, 7) is 2.06. The number of rotatable bonds is 10. The van der Waals surface area contributed by atoms with Crippen molar-refractivity contribution >= 4 is 11.9 Å². The molecule has 2 aromatic rings. The molecule has 2 aromatic carbocycles. The Bertz CT molecular complexity index is 790. The first-order chi connectivity index (χ1) is 13.4. The van der Waals surface area contributed by atoms with Crippen molar-refractivity contribution in [2.75, 3.05) is 20.8 Å². The Balaban J connectivity index is 1.84. The van der Waals surface area contributed by atoms with Crippen molar-refractivity contribution in [3.63, 3.8) is 0 Å². The van der Waals surface area contributed by atoms with Crippen molar-refractivity contribution < 1.29 is 28.9 Å². The van der Waals surface area contributed by atoms with Gasteiger partial charge in [0, 0.05) is 13.6 Å². The third kappa shape index (κ3) is 6.59. The summed E-state index contributed by atoms with van der Waals surface area (Å²) in [5, 5.41) is 8.62. The monoisotopic (exact) mass is 387 g/mol. The number of benzene rings is 2. The van der Waals surface area contributed by atoms with E-state index in [1.165, 1.54) is 0 Å². The number of nitrogens with zero attached hydrogens (tertiary/aromatic N) is 1. The zero-order chi connectivity index (χ0) is 20.5. The lowest BCUT2D eigenvalue weighted by molar-refractivity contribution is -0.142. The van der Waals surface area contributed by atoms with Gasteiger partial charge in [0.2, 0.25) is 0 Å². The summed E-state index contributed by atoms with van der Waals surface area (Å²) in [7, 11) is 3.31. The van der Waals surface area contributed by atoms with Crippen LogP contribution >= 0.6 is 0 Å². The van der Waals surface area contributed by atoms with Crippen LogP contribution in [0.3, 0.4) is 0 Å². The van der Waals surface area contributed by atoms with E-state index in [-0.39, 0.29) is 12.5 Å². The Morgan fingerprint density at radius 3 is 2.43 bits per heavy atom. The van der Waals surface area contributed by atoms with Crippen LogP contribution in [0.15, 0.2) is 48.5 Å². The van der Waals surface area contributed by atoms with Crippen LogP contribution in [0.1, 0.15) is 18.1 Å². The molecule has 0 bridgehead atoms. The molecule has 0 radical (unpaired) electrons. The van der Waals surface area contributed by atoms with Crippen LogP contribution < -0.4 is 9.47 Å². The van der Waals surface area contributed by atoms with E-state index in [1.54, 1.807) is 50.2 Å². The summed E-state index contributed by atoms with van der Waals surface area (Å²) in [5.74, 6) is 0.0505. The third-order valence-electron chi connectivity index (χ3n) is 4.06. The highest BCUT2D eigenvalue weighted by molar-refractivity contribution is 5.80. The summed E-state index contributed by atoms with van der Waals surface area (Å²) in [4.78, 5) is 24.6. The number of hydrogen-bond donors (Lipinski definition) is 1. The molecule has 7 heteroatoms. The molecule has 0 saturated carbocycles. The lowest BCUT2D eigenvalue weighted by Gasteiger charge is -2.22. The van der Waals surface area contributed by atoms with Crippen LogP contribution in [0.4, 0.5) is 0 Å². The summed E-state index contributed by atoms with van der Waals surface area (Å²) in [6, 6.07) is 14.5. The lowest BCUT2D eigenvalue weighted by Crippen LogP contribution is -2.35. The minimum absolute atomic E-state index is 0.130. The van der Waals surface area contributed by atoms with Gasteiger partial charge < -0.3 is 24.2 Å². The topological polar surface area (TPSA) is 85.3 Å². The molecule has 7 nitrogen and oxygen atoms in total. The quantitative estimate of drug-likeness (QED) is 0.675. The normalized spacial score (nSPS) is 11.5. The predicted octanol–water partition coefficient (Wildman–Crippen LogP) is 2.72. The second-order valence-electron chi connectivity index (χ2n) is 6.33. The largest absolute Gasteiger partial charge is 0.497 e. The number of carboxylic acid groups (broad SMARTS) is 1. The van der Waals surface area contributed by atoms with Crippen LogP contribution in [0, 0.1) is 0 Å². The fourth-order valence-electron chi connectivity index (χ4n) is 2.55. The number of hydrogen-bond acceptors (Lipinski definition) is 5. The van der Waals surface area contributed by atoms with Crippen molar-refractivity contribution in [2.24, 2.45) is 0 Å². The first-order valence-corrected chi connectivity index (χ1v) is 8.82. The highest BCUT2D eigenvalue weighted by Crippen LogP contribution is 2.16. The Hall–Kier alpha value is -3.06. The van der Waals surface area contributed by atoms with E-state index in [4.69, 9.17) is 19.3 Å². The highest BCUT2D eigenvalue weighted by atomic mass is 16.5. The number of methoxy groups -OCH3 is 1. The molecule has 0 fully saturated rings. The Morgan fingerprint density at radius 2 is 1.79 bits per heavy atom. The zero-order valence-corrected chi connectivity index (χ0v) is 16.3. The second-order valence-corrected chi connectivity index (χ2v) is 6.33. The summed E-state index contributed by atoms with van der Waals surface area (Å²) in [6.07, 6.45) is -0.589. The molecular formula is C21H25NO6. The molecule has 2 rings (SSSR count). The molecule has 0 aliphatic heterocycles. The molecule has 0 saturated heterocycles. The van der Waals surface area contributed by atoms with Crippen LogP contribution in [0.25, 0.3) is 0 Å². The van der Waals surface area contributed by atoms with Crippen molar-refractivity contribution in [3.05, 3.63) is 59.7 Å². The standard InChI is InChI=1S/C21H25NO6/c1-15(27-13-17-5-4-6-19(11-17)26-3)21(25)22(2)12-16-7-9-18(10-8-16)28-14-20(23)24/h4-11,15H,12-14H2,1-3H3,(H,23,24). The average molecular weight is 387 g/mol. The molecule has 0 heterocycles. The molecule has 0 aliphatic rings. The van der Waals surface area contributed by atoms with E-state index in [0.29, 0.717) is 18.9 Å². The molecule has 150 valence electrons. The number of carboxylic acids is 1.